The molecule has 1 N–H and O–H groups in total. The van der Waals surface area contributed by atoms with Crippen molar-refractivity contribution in [1.82, 2.24) is 10.3 Å². The summed E-state index contributed by atoms with van der Waals surface area (Å²) >= 11 is 0. The molecule has 1 aromatic carbocycles. The number of amides is 1. The van der Waals surface area contributed by atoms with Crippen molar-refractivity contribution in [2.45, 2.75) is 13.0 Å². The number of benzene rings is 1. The van der Waals surface area contributed by atoms with E-state index in [1.807, 2.05) is 0 Å². The van der Waals surface area contributed by atoms with Crippen molar-refractivity contribution in [2.75, 3.05) is 6.54 Å². The number of carbonyl (C=O) groups is 1. The lowest BCUT2D eigenvalue weighted by Crippen LogP contribution is -2.32. The molecule has 5 heteroatoms. The number of pyridine rings is 1. The highest BCUT2D eigenvalue weighted by atomic mass is 19.1. The Bertz CT molecular complexity index is 658. The Balaban J connectivity index is 1.75. The molecule has 102 valence electrons. The topological polar surface area (TPSA) is 51.2 Å². The number of hydrogen-bond donors (Lipinski definition) is 1. The summed E-state index contributed by atoms with van der Waals surface area (Å²) < 4.78 is 18.5. The standard InChI is InChI=1S/C15H13FN2O2/c16-11-2-1-3-12(7-11)20-9-10-6-13-14(18-8-10)4-5-17-15(13)19/h1-3,6-8H,4-5,9H2,(H,17,19). The van der Waals surface area contributed by atoms with E-state index in [0.717, 1.165) is 17.7 Å². The molecule has 1 aliphatic rings. The molecule has 0 spiro atoms. The van der Waals surface area contributed by atoms with Gasteiger partial charge < -0.3 is 10.1 Å². The van der Waals surface area contributed by atoms with E-state index >= 15 is 0 Å². The van der Waals surface area contributed by atoms with Gasteiger partial charge in [-0.2, -0.15) is 0 Å². The van der Waals surface area contributed by atoms with Crippen molar-refractivity contribution >= 4 is 5.91 Å². The molecule has 0 bridgehead atoms. The van der Waals surface area contributed by atoms with E-state index in [1.165, 1.54) is 12.1 Å². The average molecular weight is 272 g/mol. The van der Waals surface area contributed by atoms with Gasteiger partial charge in [-0.3, -0.25) is 9.78 Å². The van der Waals surface area contributed by atoms with Gasteiger partial charge in [-0.05, 0) is 18.2 Å². The van der Waals surface area contributed by atoms with Crippen molar-refractivity contribution in [1.29, 1.82) is 0 Å². The molecular weight excluding hydrogens is 259 g/mol. The van der Waals surface area contributed by atoms with Gasteiger partial charge in [0.2, 0.25) is 0 Å². The maximum atomic E-state index is 13.0. The minimum atomic E-state index is -0.342. The summed E-state index contributed by atoms with van der Waals surface area (Å²) in [6.45, 7) is 0.870. The van der Waals surface area contributed by atoms with Crippen LogP contribution in [0.2, 0.25) is 0 Å². The fourth-order valence-electron chi connectivity index (χ4n) is 2.12. The number of halogens is 1. The third-order valence-electron chi connectivity index (χ3n) is 3.12. The lowest BCUT2D eigenvalue weighted by molar-refractivity contribution is 0.0945. The number of carbonyl (C=O) groups excluding carboxylic acids is 1. The van der Waals surface area contributed by atoms with Crippen LogP contribution >= 0.6 is 0 Å². The summed E-state index contributed by atoms with van der Waals surface area (Å²) in [5, 5.41) is 2.78. The van der Waals surface area contributed by atoms with Gasteiger partial charge in [0, 0.05) is 30.8 Å². The zero-order valence-electron chi connectivity index (χ0n) is 10.7. The quantitative estimate of drug-likeness (QED) is 0.930. The molecule has 3 rings (SSSR count). The SMILES string of the molecule is O=C1NCCc2ncc(COc3cccc(F)c3)cc21. The summed E-state index contributed by atoms with van der Waals surface area (Å²) in [4.78, 5) is 16.0. The monoisotopic (exact) mass is 272 g/mol. The fourth-order valence-corrected chi connectivity index (χ4v) is 2.12. The van der Waals surface area contributed by atoms with E-state index in [0.29, 0.717) is 17.9 Å². The molecule has 0 unspecified atom stereocenters. The molecule has 2 aromatic rings. The largest absolute Gasteiger partial charge is 0.489 e. The van der Waals surface area contributed by atoms with Crippen LogP contribution in [0, 0.1) is 5.82 Å². The average Bonchev–Trinajstić information content (AvgIpc) is 2.46. The number of aromatic nitrogens is 1. The smallest absolute Gasteiger partial charge is 0.253 e. The van der Waals surface area contributed by atoms with Crippen LogP contribution in [0.5, 0.6) is 5.75 Å². The highest BCUT2D eigenvalue weighted by Gasteiger charge is 2.18. The number of fused-ring (bicyclic) bond motifs is 1. The molecule has 0 atom stereocenters. The molecule has 1 amide bonds. The van der Waals surface area contributed by atoms with Crippen LogP contribution in [-0.2, 0) is 13.0 Å². The number of hydrogen-bond acceptors (Lipinski definition) is 3. The Morgan fingerprint density at radius 2 is 2.25 bits per heavy atom. The van der Waals surface area contributed by atoms with Crippen LogP contribution in [0.15, 0.2) is 36.5 Å². The van der Waals surface area contributed by atoms with E-state index in [-0.39, 0.29) is 18.3 Å². The maximum Gasteiger partial charge on any atom is 0.253 e. The van der Waals surface area contributed by atoms with Gasteiger partial charge >= 0.3 is 0 Å². The molecule has 20 heavy (non-hydrogen) atoms. The first kappa shape index (κ1) is 12.6. The molecule has 0 saturated carbocycles. The fraction of sp³-hybridized carbons (Fsp3) is 0.200. The maximum absolute atomic E-state index is 13.0. The number of nitrogens with one attached hydrogen (secondary N) is 1. The summed E-state index contributed by atoms with van der Waals surface area (Å²) in [6, 6.07) is 7.72. The molecule has 1 aliphatic heterocycles. The summed E-state index contributed by atoms with van der Waals surface area (Å²) in [5.41, 5.74) is 2.19. The molecule has 0 saturated heterocycles. The highest BCUT2D eigenvalue weighted by molar-refractivity contribution is 5.96. The Hall–Kier alpha value is -2.43. The van der Waals surface area contributed by atoms with Crippen LogP contribution in [0.3, 0.4) is 0 Å². The van der Waals surface area contributed by atoms with E-state index in [2.05, 4.69) is 10.3 Å². The Morgan fingerprint density at radius 3 is 3.10 bits per heavy atom. The molecule has 2 heterocycles. The first-order chi connectivity index (χ1) is 9.72. The van der Waals surface area contributed by atoms with Crippen molar-refractivity contribution < 1.29 is 13.9 Å². The third kappa shape index (κ3) is 2.61. The lowest BCUT2D eigenvalue weighted by atomic mass is 10.0. The van der Waals surface area contributed by atoms with Gasteiger partial charge in [-0.15, -0.1) is 0 Å². The Morgan fingerprint density at radius 1 is 1.35 bits per heavy atom. The van der Waals surface area contributed by atoms with Gasteiger partial charge in [-0.1, -0.05) is 6.07 Å². The van der Waals surface area contributed by atoms with Gasteiger partial charge in [0.05, 0.1) is 11.3 Å². The summed E-state index contributed by atoms with van der Waals surface area (Å²) in [6.07, 6.45) is 2.43. The van der Waals surface area contributed by atoms with Gasteiger partial charge in [0.25, 0.3) is 5.91 Å². The summed E-state index contributed by atoms with van der Waals surface area (Å²) in [5.74, 6) is 0.00368. The van der Waals surface area contributed by atoms with E-state index in [9.17, 15) is 9.18 Å². The van der Waals surface area contributed by atoms with Gasteiger partial charge in [-0.25, -0.2) is 4.39 Å². The minimum Gasteiger partial charge on any atom is -0.489 e. The first-order valence-electron chi connectivity index (χ1n) is 6.37. The van der Waals surface area contributed by atoms with Crippen molar-refractivity contribution in [3.63, 3.8) is 0 Å². The van der Waals surface area contributed by atoms with Crippen LogP contribution in [0.25, 0.3) is 0 Å². The zero-order chi connectivity index (χ0) is 13.9. The molecule has 1 aromatic heterocycles. The third-order valence-corrected chi connectivity index (χ3v) is 3.12. The second-order valence-electron chi connectivity index (χ2n) is 4.59. The normalized spacial score (nSPS) is 13.6. The number of rotatable bonds is 3. The second kappa shape index (κ2) is 5.28. The highest BCUT2D eigenvalue weighted by Crippen LogP contribution is 2.16. The lowest BCUT2D eigenvalue weighted by Gasteiger charge is -2.16. The van der Waals surface area contributed by atoms with Crippen molar-refractivity contribution in [3.8, 4) is 5.75 Å². The predicted molar refractivity (Wildman–Crippen MR) is 71.0 cm³/mol. The van der Waals surface area contributed by atoms with Gasteiger partial charge in [0.15, 0.2) is 0 Å². The van der Waals surface area contributed by atoms with Crippen LogP contribution < -0.4 is 10.1 Å². The van der Waals surface area contributed by atoms with Crippen molar-refractivity contribution in [3.05, 3.63) is 59.2 Å². The summed E-state index contributed by atoms with van der Waals surface area (Å²) in [7, 11) is 0. The number of ether oxygens (including phenoxy) is 1. The minimum absolute atomic E-state index is 0.105. The van der Waals surface area contributed by atoms with E-state index < -0.39 is 0 Å². The first-order valence-corrected chi connectivity index (χ1v) is 6.37. The second-order valence-corrected chi connectivity index (χ2v) is 4.59. The molecule has 0 radical (unpaired) electrons. The van der Waals surface area contributed by atoms with E-state index in [1.54, 1.807) is 24.4 Å². The Kier molecular flexibility index (Phi) is 3.33. The number of nitrogens with zero attached hydrogens (tertiary/aromatic N) is 1. The predicted octanol–water partition coefficient (Wildman–Crippen LogP) is 2.09. The van der Waals surface area contributed by atoms with Crippen LogP contribution in [-0.4, -0.2) is 17.4 Å². The van der Waals surface area contributed by atoms with Crippen LogP contribution in [0.4, 0.5) is 4.39 Å². The Labute approximate surface area is 115 Å². The molecular formula is C15H13FN2O2. The molecule has 0 aliphatic carbocycles. The van der Waals surface area contributed by atoms with Gasteiger partial charge in [0.1, 0.15) is 18.2 Å². The van der Waals surface area contributed by atoms with E-state index in [4.69, 9.17) is 4.74 Å². The molecule has 0 fully saturated rings. The van der Waals surface area contributed by atoms with Crippen molar-refractivity contribution in [2.24, 2.45) is 0 Å². The zero-order valence-corrected chi connectivity index (χ0v) is 10.7. The van der Waals surface area contributed by atoms with Crippen LogP contribution in [0.1, 0.15) is 21.6 Å². The molecule has 4 nitrogen and oxygen atoms in total.